The molecule has 2 rings (SSSR count). The maximum atomic E-state index is 9.17. The highest BCUT2D eigenvalue weighted by Crippen LogP contribution is 2.37. The van der Waals surface area contributed by atoms with E-state index >= 15 is 0 Å². The Morgan fingerprint density at radius 2 is 1.89 bits per heavy atom. The van der Waals surface area contributed by atoms with Crippen LogP contribution in [-0.4, -0.2) is 37.6 Å². The van der Waals surface area contributed by atoms with Crippen molar-refractivity contribution in [2.75, 3.05) is 43.4 Å². The van der Waals surface area contributed by atoms with Gasteiger partial charge in [0, 0.05) is 26.2 Å². The minimum Gasteiger partial charge on any atom is -0.396 e. The molecule has 0 aromatic carbocycles. The molecular weight excluding hydrogens is 246 g/mol. The largest absolute Gasteiger partial charge is 0.396 e. The van der Waals surface area contributed by atoms with Crippen LogP contribution in [0.3, 0.4) is 0 Å². The van der Waals surface area contributed by atoms with E-state index < -0.39 is 0 Å². The van der Waals surface area contributed by atoms with Gasteiger partial charge in [-0.15, -0.1) is 11.3 Å². The molecule has 0 saturated carbocycles. The average Bonchev–Trinajstić information content (AvgIpc) is 2.75. The summed E-state index contributed by atoms with van der Waals surface area (Å²) < 4.78 is 0. The molecular formula is C12H15N5S. The molecule has 0 unspecified atom stereocenters. The Kier molecular flexibility index (Phi) is 3.71. The van der Waals surface area contributed by atoms with E-state index in [0.29, 0.717) is 16.1 Å². The van der Waals surface area contributed by atoms with Crippen molar-refractivity contribution >= 4 is 22.0 Å². The van der Waals surface area contributed by atoms with E-state index in [0.717, 1.165) is 37.7 Å². The fraction of sp³-hybridized carbons (Fsp3) is 0.500. The molecule has 1 aromatic heterocycles. The molecule has 18 heavy (non-hydrogen) atoms. The van der Waals surface area contributed by atoms with Gasteiger partial charge in [-0.3, -0.25) is 0 Å². The SMILES string of the molecule is CCN1CCN(c2sc(C#N)c(N)c2C#N)CC1. The van der Waals surface area contributed by atoms with E-state index in [1.807, 2.05) is 0 Å². The van der Waals surface area contributed by atoms with Crippen molar-refractivity contribution in [1.29, 1.82) is 10.5 Å². The van der Waals surface area contributed by atoms with Gasteiger partial charge in [0.15, 0.2) is 0 Å². The Morgan fingerprint density at radius 1 is 1.22 bits per heavy atom. The summed E-state index contributed by atoms with van der Waals surface area (Å²) in [5, 5.41) is 19.0. The summed E-state index contributed by atoms with van der Waals surface area (Å²) in [7, 11) is 0. The monoisotopic (exact) mass is 261 g/mol. The number of hydrogen-bond acceptors (Lipinski definition) is 6. The lowest BCUT2D eigenvalue weighted by molar-refractivity contribution is 0.271. The van der Waals surface area contributed by atoms with Crippen LogP contribution in [0.2, 0.25) is 0 Å². The van der Waals surface area contributed by atoms with Crippen LogP contribution in [-0.2, 0) is 0 Å². The van der Waals surface area contributed by atoms with E-state index in [-0.39, 0.29) is 0 Å². The molecule has 0 atom stereocenters. The standard InChI is InChI=1S/C12H15N5S/c1-2-16-3-5-17(6-4-16)12-9(7-13)11(15)10(8-14)18-12/h2-6,15H2,1H3. The Labute approximate surface area is 111 Å². The van der Waals surface area contributed by atoms with E-state index in [1.54, 1.807) is 0 Å². The Hall–Kier alpha value is -1.76. The lowest BCUT2D eigenvalue weighted by Crippen LogP contribution is -2.46. The molecule has 2 N–H and O–H groups in total. The zero-order valence-corrected chi connectivity index (χ0v) is 11.1. The molecule has 1 aromatic rings. The number of rotatable bonds is 2. The molecule has 1 saturated heterocycles. The highest BCUT2D eigenvalue weighted by molar-refractivity contribution is 7.17. The third-order valence-corrected chi connectivity index (χ3v) is 4.42. The van der Waals surface area contributed by atoms with Crippen molar-refractivity contribution < 1.29 is 0 Å². The van der Waals surface area contributed by atoms with Gasteiger partial charge >= 0.3 is 0 Å². The summed E-state index contributed by atoms with van der Waals surface area (Å²) in [6.45, 7) is 6.94. The molecule has 1 aliphatic rings. The first-order chi connectivity index (χ1) is 8.71. The third kappa shape index (κ3) is 2.13. The summed E-state index contributed by atoms with van der Waals surface area (Å²) in [4.78, 5) is 4.97. The van der Waals surface area contributed by atoms with E-state index in [9.17, 15) is 0 Å². The number of nitriles is 2. The number of anilines is 2. The zero-order chi connectivity index (χ0) is 13.1. The molecule has 94 valence electrons. The first-order valence-corrected chi connectivity index (χ1v) is 6.72. The number of nitrogens with zero attached hydrogens (tertiary/aromatic N) is 4. The molecule has 0 spiro atoms. The van der Waals surface area contributed by atoms with Crippen molar-refractivity contribution in [3.63, 3.8) is 0 Å². The molecule has 0 bridgehead atoms. The minimum atomic E-state index is 0.331. The van der Waals surface area contributed by atoms with Crippen LogP contribution in [0.25, 0.3) is 0 Å². The van der Waals surface area contributed by atoms with Gasteiger partial charge in [-0.2, -0.15) is 10.5 Å². The second kappa shape index (κ2) is 5.26. The van der Waals surface area contributed by atoms with Gasteiger partial charge in [-0.1, -0.05) is 6.92 Å². The highest BCUT2D eigenvalue weighted by atomic mass is 32.1. The minimum absolute atomic E-state index is 0.331. The summed E-state index contributed by atoms with van der Waals surface area (Å²) in [5.41, 5.74) is 6.60. The van der Waals surface area contributed by atoms with Gasteiger partial charge in [0.2, 0.25) is 0 Å². The van der Waals surface area contributed by atoms with Crippen molar-refractivity contribution in [3.05, 3.63) is 10.4 Å². The molecule has 6 heteroatoms. The number of nitrogens with two attached hydrogens (primary N) is 1. The topological polar surface area (TPSA) is 80.1 Å². The molecule has 2 heterocycles. The molecule has 0 aliphatic carbocycles. The number of nitrogen functional groups attached to an aromatic ring is 1. The summed E-state index contributed by atoms with van der Waals surface area (Å²) in [6, 6.07) is 4.17. The van der Waals surface area contributed by atoms with Crippen LogP contribution in [0.15, 0.2) is 0 Å². The lowest BCUT2D eigenvalue weighted by atomic mass is 10.2. The fourth-order valence-corrected chi connectivity index (χ4v) is 3.13. The predicted molar refractivity (Wildman–Crippen MR) is 72.5 cm³/mol. The Balaban J connectivity index is 2.25. The average molecular weight is 261 g/mol. The van der Waals surface area contributed by atoms with Crippen molar-refractivity contribution in [1.82, 2.24) is 4.90 Å². The maximum Gasteiger partial charge on any atom is 0.131 e. The Bertz CT molecular complexity index is 514. The molecule has 0 amide bonds. The maximum absolute atomic E-state index is 9.17. The summed E-state index contributed by atoms with van der Waals surface area (Å²) >= 11 is 1.32. The number of likely N-dealkylation sites (N-methyl/N-ethyl adjacent to an activating group) is 1. The van der Waals surface area contributed by atoms with E-state index in [4.69, 9.17) is 16.3 Å². The van der Waals surface area contributed by atoms with Crippen molar-refractivity contribution in [2.24, 2.45) is 0 Å². The number of thiophene rings is 1. The second-order valence-electron chi connectivity index (χ2n) is 4.17. The zero-order valence-electron chi connectivity index (χ0n) is 10.3. The van der Waals surface area contributed by atoms with Gasteiger partial charge in [-0.25, -0.2) is 0 Å². The van der Waals surface area contributed by atoms with Gasteiger partial charge < -0.3 is 15.5 Å². The highest BCUT2D eigenvalue weighted by Gasteiger charge is 2.23. The molecule has 1 fully saturated rings. The fourth-order valence-electron chi connectivity index (χ4n) is 2.11. The molecule has 0 radical (unpaired) electrons. The lowest BCUT2D eigenvalue weighted by Gasteiger charge is -2.34. The third-order valence-electron chi connectivity index (χ3n) is 3.25. The van der Waals surface area contributed by atoms with Crippen LogP contribution in [0.4, 0.5) is 10.7 Å². The van der Waals surface area contributed by atoms with Gasteiger partial charge in [-0.05, 0) is 6.54 Å². The summed E-state index contributed by atoms with van der Waals surface area (Å²) in [6.07, 6.45) is 0. The van der Waals surface area contributed by atoms with Crippen LogP contribution >= 0.6 is 11.3 Å². The second-order valence-corrected chi connectivity index (χ2v) is 5.17. The first-order valence-electron chi connectivity index (χ1n) is 5.91. The number of hydrogen-bond donors (Lipinski definition) is 1. The molecule has 5 nitrogen and oxygen atoms in total. The van der Waals surface area contributed by atoms with Gasteiger partial charge in [0.25, 0.3) is 0 Å². The quantitative estimate of drug-likeness (QED) is 0.865. The van der Waals surface area contributed by atoms with Crippen LogP contribution in [0.5, 0.6) is 0 Å². The van der Waals surface area contributed by atoms with Gasteiger partial charge in [0.1, 0.15) is 27.6 Å². The van der Waals surface area contributed by atoms with Crippen LogP contribution in [0.1, 0.15) is 17.4 Å². The van der Waals surface area contributed by atoms with E-state index in [2.05, 4.69) is 28.9 Å². The van der Waals surface area contributed by atoms with Crippen molar-refractivity contribution in [3.8, 4) is 12.1 Å². The smallest absolute Gasteiger partial charge is 0.131 e. The van der Waals surface area contributed by atoms with E-state index in [1.165, 1.54) is 11.3 Å². The van der Waals surface area contributed by atoms with Crippen LogP contribution in [0, 0.1) is 22.7 Å². The number of piperazine rings is 1. The summed E-state index contributed by atoms with van der Waals surface area (Å²) in [5.74, 6) is 0. The first kappa shape index (κ1) is 12.7. The Morgan fingerprint density at radius 3 is 2.39 bits per heavy atom. The van der Waals surface area contributed by atoms with Gasteiger partial charge in [0.05, 0.1) is 5.69 Å². The normalized spacial score (nSPS) is 16.3. The van der Waals surface area contributed by atoms with Crippen molar-refractivity contribution in [2.45, 2.75) is 6.92 Å². The molecule has 1 aliphatic heterocycles. The predicted octanol–water partition coefficient (Wildman–Crippen LogP) is 1.22. The van der Waals surface area contributed by atoms with Crippen LogP contribution < -0.4 is 10.6 Å².